The molecule has 1 aromatic carbocycles. The maximum absolute atomic E-state index is 6.08. The molecular formula is C14H16ClN3O2. The molecule has 0 aliphatic carbocycles. The summed E-state index contributed by atoms with van der Waals surface area (Å²) in [4.78, 5) is 8.34. The molecule has 2 aromatic rings. The molecule has 0 radical (unpaired) electrons. The summed E-state index contributed by atoms with van der Waals surface area (Å²) in [5, 5.41) is 3.76. The number of hydrogen-bond acceptors (Lipinski definition) is 5. The van der Waals surface area contributed by atoms with Crippen LogP contribution in [0.15, 0.2) is 30.6 Å². The number of ether oxygens (including phenoxy) is 2. The summed E-state index contributed by atoms with van der Waals surface area (Å²) in [6.45, 7) is 3.06. The highest BCUT2D eigenvalue weighted by atomic mass is 35.5. The SMILES string of the molecule is CCOc1cncc(NCc2ccc(OC)c(Cl)c2)n1. The first-order valence-corrected chi connectivity index (χ1v) is 6.62. The van der Waals surface area contributed by atoms with Crippen molar-refractivity contribution in [3.63, 3.8) is 0 Å². The average molecular weight is 294 g/mol. The highest BCUT2D eigenvalue weighted by molar-refractivity contribution is 6.32. The van der Waals surface area contributed by atoms with E-state index in [2.05, 4.69) is 15.3 Å². The van der Waals surface area contributed by atoms with Crippen molar-refractivity contribution in [2.24, 2.45) is 0 Å². The van der Waals surface area contributed by atoms with Gasteiger partial charge < -0.3 is 14.8 Å². The van der Waals surface area contributed by atoms with E-state index in [1.807, 2.05) is 25.1 Å². The molecule has 1 aromatic heterocycles. The second kappa shape index (κ2) is 6.96. The molecule has 0 saturated heterocycles. The van der Waals surface area contributed by atoms with E-state index in [1.165, 1.54) is 0 Å². The van der Waals surface area contributed by atoms with Gasteiger partial charge in [-0.05, 0) is 24.6 Å². The minimum atomic E-state index is 0.505. The molecule has 0 spiro atoms. The smallest absolute Gasteiger partial charge is 0.234 e. The van der Waals surface area contributed by atoms with Gasteiger partial charge in [-0.3, -0.25) is 4.98 Å². The van der Waals surface area contributed by atoms with Crippen LogP contribution in [-0.4, -0.2) is 23.7 Å². The van der Waals surface area contributed by atoms with E-state index in [9.17, 15) is 0 Å². The molecule has 0 atom stereocenters. The van der Waals surface area contributed by atoms with Gasteiger partial charge in [-0.25, -0.2) is 0 Å². The van der Waals surface area contributed by atoms with Crippen molar-refractivity contribution in [2.45, 2.75) is 13.5 Å². The van der Waals surface area contributed by atoms with Crippen LogP contribution in [0.1, 0.15) is 12.5 Å². The van der Waals surface area contributed by atoms with E-state index in [-0.39, 0.29) is 0 Å². The third-order valence-corrected chi connectivity index (χ3v) is 2.89. The summed E-state index contributed by atoms with van der Waals surface area (Å²) in [5.74, 6) is 1.82. The standard InChI is InChI=1S/C14H16ClN3O2/c1-3-20-14-9-16-8-13(18-14)17-7-10-4-5-12(19-2)11(15)6-10/h4-6,8-9H,3,7H2,1-2H3,(H,17,18). The molecule has 1 heterocycles. The van der Waals surface area contributed by atoms with Crippen LogP contribution in [0.4, 0.5) is 5.82 Å². The molecule has 0 unspecified atom stereocenters. The van der Waals surface area contributed by atoms with Gasteiger partial charge in [0.15, 0.2) is 0 Å². The third kappa shape index (κ3) is 3.74. The molecule has 0 fully saturated rings. The van der Waals surface area contributed by atoms with Gasteiger partial charge in [-0.15, -0.1) is 0 Å². The predicted molar refractivity (Wildman–Crippen MR) is 78.5 cm³/mol. The van der Waals surface area contributed by atoms with Crippen molar-refractivity contribution >= 4 is 17.4 Å². The lowest BCUT2D eigenvalue weighted by Gasteiger charge is -2.09. The van der Waals surface area contributed by atoms with Crippen LogP contribution in [-0.2, 0) is 6.54 Å². The van der Waals surface area contributed by atoms with E-state index >= 15 is 0 Å². The number of nitrogens with zero attached hydrogens (tertiary/aromatic N) is 2. The van der Waals surface area contributed by atoms with E-state index < -0.39 is 0 Å². The number of benzene rings is 1. The van der Waals surface area contributed by atoms with E-state index in [0.29, 0.717) is 35.6 Å². The highest BCUT2D eigenvalue weighted by Gasteiger charge is 2.03. The van der Waals surface area contributed by atoms with Crippen LogP contribution < -0.4 is 14.8 Å². The second-order valence-corrected chi connectivity index (χ2v) is 4.41. The lowest BCUT2D eigenvalue weighted by atomic mass is 10.2. The maximum atomic E-state index is 6.08. The maximum Gasteiger partial charge on any atom is 0.234 e. The van der Waals surface area contributed by atoms with Crippen LogP contribution in [0.5, 0.6) is 11.6 Å². The first kappa shape index (κ1) is 14.4. The number of hydrogen-bond donors (Lipinski definition) is 1. The zero-order chi connectivity index (χ0) is 14.4. The molecule has 106 valence electrons. The zero-order valence-electron chi connectivity index (χ0n) is 11.4. The van der Waals surface area contributed by atoms with Gasteiger partial charge in [0.05, 0.1) is 31.1 Å². The molecule has 0 aliphatic rings. The molecule has 1 N–H and O–H groups in total. The van der Waals surface area contributed by atoms with Crippen molar-refractivity contribution in [1.82, 2.24) is 9.97 Å². The summed E-state index contributed by atoms with van der Waals surface area (Å²) < 4.78 is 10.4. The minimum Gasteiger partial charge on any atom is -0.495 e. The van der Waals surface area contributed by atoms with Gasteiger partial charge in [0.25, 0.3) is 0 Å². The topological polar surface area (TPSA) is 56.3 Å². The average Bonchev–Trinajstić information content (AvgIpc) is 2.46. The number of halogens is 1. The molecule has 2 rings (SSSR count). The normalized spacial score (nSPS) is 10.2. The first-order chi connectivity index (χ1) is 9.72. The lowest BCUT2D eigenvalue weighted by molar-refractivity contribution is 0.325. The molecule has 0 saturated carbocycles. The Morgan fingerprint density at radius 3 is 2.85 bits per heavy atom. The Bertz CT molecular complexity index is 578. The van der Waals surface area contributed by atoms with Crippen LogP contribution in [0.25, 0.3) is 0 Å². The summed E-state index contributed by atoms with van der Waals surface area (Å²) in [6.07, 6.45) is 3.23. The number of anilines is 1. The number of rotatable bonds is 6. The number of nitrogens with one attached hydrogen (secondary N) is 1. The highest BCUT2D eigenvalue weighted by Crippen LogP contribution is 2.25. The van der Waals surface area contributed by atoms with Gasteiger partial charge in [-0.1, -0.05) is 17.7 Å². The minimum absolute atomic E-state index is 0.505. The van der Waals surface area contributed by atoms with E-state index in [1.54, 1.807) is 19.5 Å². The van der Waals surface area contributed by atoms with Gasteiger partial charge >= 0.3 is 0 Å². The summed E-state index contributed by atoms with van der Waals surface area (Å²) in [6, 6.07) is 5.63. The fourth-order valence-electron chi connectivity index (χ4n) is 1.66. The molecule has 0 aliphatic heterocycles. The molecule has 0 amide bonds. The Hall–Kier alpha value is -2.01. The molecular weight excluding hydrogens is 278 g/mol. The summed E-state index contributed by atoms with van der Waals surface area (Å²) in [7, 11) is 1.59. The molecule has 0 bridgehead atoms. The largest absolute Gasteiger partial charge is 0.495 e. The quantitative estimate of drug-likeness (QED) is 0.886. The number of methoxy groups -OCH3 is 1. The van der Waals surface area contributed by atoms with Gasteiger partial charge in [-0.2, -0.15) is 4.98 Å². The Kier molecular flexibility index (Phi) is 5.01. The second-order valence-electron chi connectivity index (χ2n) is 4.00. The lowest BCUT2D eigenvalue weighted by Crippen LogP contribution is -2.03. The van der Waals surface area contributed by atoms with Gasteiger partial charge in [0.1, 0.15) is 11.6 Å². The third-order valence-electron chi connectivity index (χ3n) is 2.59. The number of aromatic nitrogens is 2. The van der Waals surface area contributed by atoms with Crippen molar-refractivity contribution in [1.29, 1.82) is 0 Å². The Morgan fingerprint density at radius 1 is 1.30 bits per heavy atom. The van der Waals surface area contributed by atoms with E-state index in [0.717, 1.165) is 5.56 Å². The van der Waals surface area contributed by atoms with Crippen molar-refractivity contribution in [2.75, 3.05) is 19.0 Å². The van der Waals surface area contributed by atoms with Crippen LogP contribution in [0.2, 0.25) is 5.02 Å². The molecule has 6 heteroatoms. The van der Waals surface area contributed by atoms with Gasteiger partial charge in [0.2, 0.25) is 5.88 Å². The van der Waals surface area contributed by atoms with Crippen molar-refractivity contribution < 1.29 is 9.47 Å². The Balaban J connectivity index is 2.01. The van der Waals surface area contributed by atoms with Gasteiger partial charge in [0, 0.05) is 6.54 Å². The van der Waals surface area contributed by atoms with Crippen LogP contribution in [0.3, 0.4) is 0 Å². The Labute approximate surface area is 122 Å². The van der Waals surface area contributed by atoms with Crippen molar-refractivity contribution in [3.8, 4) is 11.6 Å². The summed E-state index contributed by atoms with van der Waals surface area (Å²) >= 11 is 6.08. The Morgan fingerprint density at radius 2 is 2.15 bits per heavy atom. The van der Waals surface area contributed by atoms with E-state index in [4.69, 9.17) is 21.1 Å². The predicted octanol–water partition coefficient (Wildman–Crippen LogP) is 3.15. The molecule has 20 heavy (non-hydrogen) atoms. The zero-order valence-corrected chi connectivity index (χ0v) is 12.1. The molecule has 5 nitrogen and oxygen atoms in total. The fraction of sp³-hybridized carbons (Fsp3) is 0.286. The van der Waals surface area contributed by atoms with Crippen LogP contribution >= 0.6 is 11.6 Å². The van der Waals surface area contributed by atoms with Crippen molar-refractivity contribution in [3.05, 3.63) is 41.2 Å². The monoisotopic (exact) mass is 293 g/mol. The fourth-order valence-corrected chi connectivity index (χ4v) is 1.94. The summed E-state index contributed by atoms with van der Waals surface area (Å²) in [5.41, 5.74) is 1.03. The first-order valence-electron chi connectivity index (χ1n) is 6.24. The van der Waals surface area contributed by atoms with Crippen LogP contribution in [0, 0.1) is 0 Å².